The number of halogens is 5. The largest absolute Gasteiger partial charge is 0.493 e. The van der Waals surface area contributed by atoms with Crippen LogP contribution in [0.25, 0.3) is 0 Å². The lowest BCUT2D eigenvalue weighted by Crippen LogP contribution is -2.37. The molecule has 2 rings (SSSR count). The van der Waals surface area contributed by atoms with Crippen LogP contribution in [0.5, 0.6) is 5.75 Å². The Morgan fingerprint density at radius 1 is 1.36 bits per heavy atom. The number of esters is 1. The molecule has 0 saturated carbocycles. The van der Waals surface area contributed by atoms with E-state index in [4.69, 9.17) is 9.47 Å². The molecule has 3 unspecified atom stereocenters. The van der Waals surface area contributed by atoms with E-state index in [0.717, 1.165) is 26.2 Å². The molecule has 3 nitrogen and oxygen atoms in total. The van der Waals surface area contributed by atoms with Crippen LogP contribution in [0.4, 0.5) is 22.0 Å². The van der Waals surface area contributed by atoms with E-state index in [-0.39, 0.29) is 12.2 Å². The Hall–Kier alpha value is -1.51. The fourth-order valence-electron chi connectivity index (χ4n) is 2.88. The van der Waals surface area contributed by atoms with E-state index in [1.807, 2.05) is 0 Å². The van der Waals surface area contributed by atoms with Crippen molar-refractivity contribution in [2.45, 2.75) is 42.4 Å². The highest BCUT2D eigenvalue weighted by atomic mass is 32.2. The van der Waals surface area contributed by atoms with Crippen LogP contribution in [0.3, 0.4) is 0 Å². The van der Waals surface area contributed by atoms with Gasteiger partial charge in [0.1, 0.15) is 10.00 Å². The quantitative estimate of drug-likeness (QED) is 0.568. The number of rotatable bonds is 4. The molecule has 0 aliphatic carbocycles. The predicted octanol–water partition coefficient (Wildman–Crippen LogP) is 4.45. The summed E-state index contributed by atoms with van der Waals surface area (Å²) in [4.78, 5) is 12.2. The smallest absolute Gasteiger partial charge is 0.403 e. The highest BCUT2D eigenvalue weighted by Crippen LogP contribution is 2.59. The maximum Gasteiger partial charge on any atom is 0.403 e. The number of ether oxygens (including phenoxy) is 2. The molecule has 1 aromatic rings. The molecule has 25 heavy (non-hydrogen) atoms. The average molecular weight is 384 g/mol. The van der Waals surface area contributed by atoms with E-state index in [2.05, 4.69) is 0 Å². The van der Waals surface area contributed by atoms with Crippen molar-refractivity contribution in [3.05, 3.63) is 29.3 Å². The van der Waals surface area contributed by atoms with Crippen molar-refractivity contribution in [3.8, 4) is 5.75 Å². The molecule has 0 radical (unpaired) electrons. The molecular weight excluding hydrogens is 367 g/mol. The van der Waals surface area contributed by atoms with Gasteiger partial charge in [-0.1, -0.05) is 6.07 Å². The number of hydrogen-bond acceptors (Lipinski definition) is 4. The van der Waals surface area contributed by atoms with E-state index in [0.29, 0.717) is 11.8 Å². The molecule has 0 spiro atoms. The molecule has 0 N–H and O–H groups in total. The van der Waals surface area contributed by atoms with Gasteiger partial charge in [0.25, 0.3) is 0 Å². The fraction of sp³-hybridized carbons (Fsp3) is 0.562. The Labute approximate surface area is 145 Å². The number of methoxy groups -OCH3 is 1. The number of carbonyl (C=O) groups is 1. The summed E-state index contributed by atoms with van der Waals surface area (Å²) >= 11 is 0.429. The first-order valence-electron chi connectivity index (χ1n) is 7.48. The lowest BCUT2D eigenvalue weighted by molar-refractivity contribution is -0.156. The van der Waals surface area contributed by atoms with Crippen LogP contribution in [0.1, 0.15) is 31.7 Å². The molecule has 1 aliphatic heterocycles. The zero-order chi connectivity index (χ0) is 19.0. The van der Waals surface area contributed by atoms with E-state index in [9.17, 15) is 26.7 Å². The fourth-order valence-corrected chi connectivity index (χ4v) is 4.42. The van der Waals surface area contributed by atoms with Crippen LogP contribution in [0.2, 0.25) is 0 Å². The number of alkyl halides is 3. The molecule has 3 atom stereocenters. The van der Waals surface area contributed by atoms with Gasteiger partial charge in [-0.15, -0.1) is 11.8 Å². The topological polar surface area (TPSA) is 35.5 Å². The van der Waals surface area contributed by atoms with E-state index >= 15 is 0 Å². The van der Waals surface area contributed by atoms with Crippen molar-refractivity contribution in [2.24, 2.45) is 0 Å². The Bertz CT molecular complexity index is 664. The Morgan fingerprint density at radius 2 is 2.00 bits per heavy atom. The highest BCUT2D eigenvalue weighted by Gasteiger charge is 2.61. The summed E-state index contributed by atoms with van der Waals surface area (Å²) in [6, 6.07) is 1.96. The highest BCUT2D eigenvalue weighted by molar-refractivity contribution is 8.02. The minimum Gasteiger partial charge on any atom is -0.493 e. The van der Waals surface area contributed by atoms with Crippen molar-refractivity contribution in [3.63, 3.8) is 0 Å². The second-order valence-corrected chi connectivity index (χ2v) is 7.46. The van der Waals surface area contributed by atoms with Crippen LogP contribution in [-0.4, -0.2) is 35.9 Å². The molecule has 1 fully saturated rings. The first-order valence-corrected chi connectivity index (χ1v) is 8.36. The van der Waals surface area contributed by atoms with Crippen molar-refractivity contribution >= 4 is 17.7 Å². The number of thioether (sulfide) groups is 1. The van der Waals surface area contributed by atoms with Crippen LogP contribution in [0, 0.1) is 11.6 Å². The normalized spacial score (nSPS) is 26.6. The maximum atomic E-state index is 14.0. The molecule has 0 bridgehead atoms. The second kappa shape index (κ2) is 7.01. The number of carbonyl (C=O) groups excluding carboxylic acids is 1. The Balaban J connectivity index is 2.53. The lowest BCUT2D eigenvalue weighted by Gasteiger charge is -2.26. The zero-order valence-corrected chi connectivity index (χ0v) is 14.6. The third-order valence-electron chi connectivity index (χ3n) is 4.16. The van der Waals surface area contributed by atoms with Crippen LogP contribution in [-0.2, 0) is 9.53 Å². The average Bonchev–Trinajstić information content (AvgIpc) is 2.89. The third kappa shape index (κ3) is 3.56. The predicted molar refractivity (Wildman–Crippen MR) is 82.7 cm³/mol. The van der Waals surface area contributed by atoms with Gasteiger partial charge in [0.15, 0.2) is 11.6 Å². The molecule has 1 aliphatic rings. The molecule has 1 heterocycles. The van der Waals surface area contributed by atoms with Gasteiger partial charge in [-0.25, -0.2) is 4.39 Å². The van der Waals surface area contributed by atoms with Gasteiger partial charge in [0, 0.05) is 11.5 Å². The van der Waals surface area contributed by atoms with Crippen LogP contribution >= 0.6 is 11.8 Å². The monoisotopic (exact) mass is 384 g/mol. The van der Waals surface area contributed by atoms with Crippen LogP contribution < -0.4 is 4.74 Å². The van der Waals surface area contributed by atoms with E-state index in [1.54, 1.807) is 0 Å². The number of benzene rings is 1. The molecule has 0 amide bonds. The summed E-state index contributed by atoms with van der Waals surface area (Å²) in [5.74, 6) is -4.82. The van der Waals surface area contributed by atoms with Gasteiger partial charge in [-0.3, -0.25) is 4.79 Å². The molecular formula is C16H17F5O3S. The summed E-state index contributed by atoms with van der Waals surface area (Å²) < 4.78 is 75.2. The molecule has 0 aromatic heterocycles. The van der Waals surface area contributed by atoms with Crippen molar-refractivity contribution in [2.75, 3.05) is 13.7 Å². The molecule has 9 heteroatoms. The second-order valence-electron chi connectivity index (χ2n) is 5.81. The first-order chi connectivity index (χ1) is 11.6. The third-order valence-corrected chi connectivity index (χ3v) is 5.86. The van der Waals surface area contributed by atoms with Gasteiger partial charge in [-0.05, 0) is 26.3 Å². The number of hydrogen-bond donors (Lipinski definition) is 0. The van der Waals surface area contributed by atoms with Crippen molar-refractivity contribution < 1.29 is 36.2 Å². The van der Waals surface area contributed by atoms with E-state index < -0.39 is 51.9 Å². The summed E-state index contributed by atoms with van der Waals surface area (Å²) in [5, 5.41) is -1.20. The summed E-state index contributed by atoms with van der Waals surface area (Å²) in [6.45, 7) is 2.52. The van der Waals surface area contributed by atoms with Crippen molar-refractivity contribution in [1.29, 1.82) is 0 Å². The minimum absolute atomic E-state index is 0.000257. The van der Waals surface area contributed by atoms with Gasteiger partial charge < -0.3 is 9.47 Å². The summed E-state index contributed by atoms with van der Waals surface area (Å²) in [6.07, 6.45) is -5.06. The first kappa shape index (κ1) is 19.8. The van der Waals surface area contributed by atoms with Gasteiger partial charge >= 0.3 is 12.1 Å². The Kier molecular flexibility index (Phi) is 5.56. The molecule has 140 valence electrons. The minimum atomic E-state index is -4.58. The Morgan fingerprint density at radius 3 is 2.52 bits per heavy atom. The van der Waals surface area contributed by atoms with E-state index in [1.165, 1.54) is 6.92 Å². The molecule has 1 aromatic carbocycles. The van der Waals surface area contributed by atoms with Crippen LogP contribution in [0.15, 0.2) is 12.1 Å². The van der Waals surface area contributed by atoms with Gasteiger partial charge in [0.05, 0.1) is 13.7 Å². The lowest BCUT2D eigenvalue weighted by atomic mass is 9.86. The molecule has 1 saturated heterocycles. The summed E-state index contributed by atoms with van der Waals surface area (Å²) in [5.41, 5.74) is 0.0138. The van der Waals surface area contributed by atoms with Gasteiger partial charge in [0.2, 0.25) is 5.82 Å². The maximum absolute atomic E-state index is 14.0. The van der Waals surface area contributed by atoms with Gasteiger partial charge in [-0.2, -0.15) is 17.6 Å². The zero-order valence-electron chi connectivity index (χ0n) is 13.7. The standard InChI is InChI=1S/C16H17F5O3S/c1-4-24-14(22)13-9(7-15(2,25-13)16(19,20)21)8-5-6-10(17)11(18)12(8)23-3/h5-6,9,13H,4,7H2,1-3H3. The van der Waals surface area contributed by atoms with Crippen molar-refractivity contribution in [1.82, 2.24) is 0 Å². The summed E-state index contributed by atoms with van der Waals surface area (Å²) in [7, 11) is 1.09. The SMILES string of the molecule is CCOC(=O)C1SC(C)(C(F)(F)F)CC1c1ccc(F)c(F)c1OC.